The van der Waals surface area contributed by atoms with E-state index in [1.165, 1.54) is 17.9 Å². The molecule has 1 aliphatic rings. The van der Waals surface area contributed by atoms with Crippen molar-refractivity contribution in [2.75, 3.05) is 13.2 Å². The molecule has 34 heavy (non-hydrogen) atoms. The predicted octanol–water partition coefficient (Wildman–Crippen LogP) is 4.80. The second-order valence-electron chi connectivity index (χ2n) is 8.12. The molecule has 7 nitrogen and oxygen atoms in total. The Hall–Kier alpha value is -3.72. The highest BCUT2D eigenvalue weighted by Gasteiger charge is 2.23. The van der Waals surface area contributed by atoms with Crippen LogP contribution < -0.4 is 4.74 Å². The molecule has 0 aliphatic carbocycles. The number of aromatic nitrogens is 4. The molecule has 4 aromatic rings. The van der Waals surface area contributed by atoms with E-state index in [4.69, 9.17) is 9.47 Å². The van der Waals surface area contributed by atoms with E-state index < -0.39 is 13.0 Å². The van der Waals surface area contributed by atoms with Gasteiger partial charge in [0, 0.05) is 35.2 Å². The molecule has 174 valence electrons. The molecule has 1 fully saturated rings. The van der Waals surface area contributed by atoms with Crippen LogP contribution in [-0.2, 0) is 11.3 Å². The molecule has 1 atom stereocenters. The van der Waals surface area contributed by atoms with E-state index in [0.717, 1.165) is 12.0 Å². The van der Waals surface area contributed by atoms with Gasteiger partial charge < -0.3 is 9.47 Å². The SMILES string of the molecule is CC(=O)c1cc2c(-c3cn(CC(F)F)nc3-c3ccccc3)ncnc2cc1OC1CCOC1. The summed E-state index contributed by atoms with van der Waals surface area (Å²) in [5.41, 5.74) is 3.34. The van der Waals surface area contributed by atoms with Crippen molar-refractivity contribution in [2.24, 2.45) is 0 Å². The Morgan fingerprint density at radius 3 is 2.74 bits per heavy atom. The van der Waals surface area contributed by atoms with E-state index in [1.54, 1.807) is 18.3 Å². The van der Waals surface area contributed by atoms with Crippen molar-refractivity contribution in [1.29, 1.82) is 0 Å². The lowest BCUT2D eigenvalue weighted by molar-refractivity contribution is 0.100. The standard InChI is InChI=1S/C25H22F2N4O3/c1-15(32)18-9-19-21(10-22(18)34-17-7-8-33-13-17)28-14-29-25(19)20-11-31(12-23(26)27)30-24(20)16-5-3-2-4-6-16/h2-6,9-11,14,17,23H,7-8,12-13H2,1H3. The number of halogens is 2. The van der Waals surface area contributed by atoms with Gasteiger partial charge >= 0.3 is 0 Å². The summed E-state index contributed by atoms with van der Waals surface area (Å²) in [7, 11) is 0. The number of carbonyl (C=O) groups excluding carboxylic acids is 1. The van der Waals surface area contributed by atoms with Gasteiger partial charge in [-0.05, 0) is 13.0 Å². The molecule has 5 rings (SSSR count). The molecule has 1 unspecified atom stereocenters. The zero-order chi connectivity index (χ0) is 23.7. The average molecular weight is 464 g/mol. The summed E-state index contributed by atoms with van der Waals surface area (Å²) in [5.74, 6) is 0.277. The third-order valence-electron chi connectivity index (χ3n) is 5.69. The minimum atomic E-state index is -2.55. The molecule has 1 aliphatic heterocycles. The van der Waals surface area contributed by atoms with Gasteiger partial charge in [0.2, 0.25) is 0 Å². The maximum absolute atomic E-state index is 13.1. The Labute approximate surface area is 194 Å². The van der Waals surface area contributed by atoms with Crippen molar-refractivity contribution >= 4 is 16.7 Å². The van der Waals surface area contributed by atoms with Gasteiger partial charge in [-0.1, -0.05) is 30.3 Å². The molecular formula is C25H22F2N4O3. The molecular weight excluding hydrogens is 442 g/mol. The maximum Gasteiger partial charge on any atom is 0.257 e. The van der Waals surface area contributed by atoms with Gasteiger partial charge in [-0.3, -0.25) is 9.48 Å². The lowest BCUT2D eigenvalue weighted by atomic mass is 10.00. The number of benzene rings is 2. The lowest BCUT2D eigenvalue weighted by Crippen LogP contribution is -2.17. The molecule has 0 radical (unpaired) electrons. The highest BCUT2D eigenvalue weighted by atomic mass is 19.3. The van der Waals surface area contributed by atoms with Crippen molar-refractivity contribution in [3.63, 3.8) is 0 Å². The van der Waals surface area contributed by atoms with Crippen LogP contribution in [-0.4, -0.2) is 51.3 Å². The topological polar surface area (TPSA) is 79.1 Å². The van der Waals surface area contributed by atoms with Crippen LogP contribution in [0, 0.1) is 0 Å². The molecule has 0 amide bonds. The van der Waals surface area contributed by atoms with Crippen LogP contribution in [0.1, 0.15) is 23.7 Å². The summed E-state index contributed by atoms with van der Waals surface area (Å²) in [6.45, 7) is 2.01. The lowest BCUT2D eigenvalue weighted by Gasteiger charge is -2.16. The summed E-state index contributed by atoms with van der Waals surface area (Å²) in [6.07, 6.45) is 1.03. The number of fused-ring (bicyclic) bond motifs is 1. The first-order valence-electron chi connectivity index (χ1n) is 10.9. The first-order valence-corrected chi connectivity index (χ1v) is 10.9. The largest absolute Gasteiger partial charge is 0.487 e. The van der Waals surface area contributed by atoms with Crippen LogP contribution in [0.25, 0.3) is 33.4 Å². The molecule has 0 spiro atoms. The smallest absolute Gasteiger partial charge is 0.257 e. The van der Waals surface area contributed by atoms with Crippen LogP contribution in [0.3, 0.4) is 0 Å². The molecule has 0 saturated carbocycles. The van der Waals surface area contributed by atoms with Gasteiger partial charge in [0.15, 0.2) is 5.78 Å². The van der Waals surface area contributed by atoms with Gasteiger partial charge in [0.25, 0.3) is 6.43 Å². The number of nitrogens with zero attached hydrogens (tertiary/aromatic N) is 4. The molecule has 3 heterocycles. The summed E-state index contributed by atoms with van der Waals surface area (Å²) in [6, 6.07) is 12.7. The van der Waals surface area contributed by atoms with E-state index in [1.807, 2.05) is 30.3 Å². The molecule has 2 aromatic heterocycles. The zero-order valence-corrected chi connectivity index (χ0v) is 18.4. The van der Waals surface area contributed by atoms with Crippen molar-refractivity contribution in [1.82, 2.24) is 19.7 Å². The van der Waals surface area contributed by atoms with Gasteiger partial charge in [0.1, 0.15) is 30.4 Å². The third kappa shape index (κ3) is 4.38. The van der Waals surface area contributed by atoms with Crippen LogP contribution in [0.4, 0.5) is 8.78 Å². The van der Waals surface area contributed by atoms with E-state index in [0.29, 0.717) is 52.4 Å². The number of alkyl halides is 2. The number of hydrogen-bond donors (Lipinski definition) is 0. The van der Waals surface area contributed by atoms with Gasteiger partial charge in [0.05, 0.1) is 30.0 Å². The van der Waals surface area contributed by atoms with E-state index in [2.05, 4.69) is 15.1 Å². The number of Topliss-reactive ketones (excluding diaryl/α,β-unsaturated/α-hetero) is 1. The highest BCUT2D eigenvalue weighted by Crippen LogP contribution is 2.36. The number of ketones is 1. The van der Waals surface area contributed by atoms with Crippen LogP contribution in [0.5, 0.6) is 5.75 Å². The Morgan fingerprint density at radius 1 is 1.21 bits per heavy atom. The van der Waals surface area contributed by atoms with Gasteiger partial charge in [-0.15, -0.1) is 0 Å². The monoisotopic (exact) mass is 464 g/mol. The third-order valence-corrected chi connectivity index (χ3v) is 5.69. The molecule has 1 saturated heterocycles. The first-order chi connectivity index (χ1) is 16.5. The summed E-state index contributed by atoms with van der Waals surface area (Å²) < 4.78 is 38.9. The highest BCUT2D eigenvalue weighted by molar-refractivity contribution is 6.04. The fourth-order valence-corrected chi connectivity index (χ4v) is 4.10. The van der Waals surface area contributed by atoms with E-state index >= 15 is 0 Å². The van der Waals surface area contributed by atoms with Crippen molar-refractivity contribution in [3.05, 3.63) is 60.6 Å². The van der Waals surface area contributed by atoms with E-state index in [-0.39, 0.29) is 11.9 Å². The number of carbonyl (C=O) groups is 1. The van der Waals surface area contributed by atoms with Crippen molar-refractivity contribution in [3.8, 4) is 28.3 Å². The van der Waals surface area contributed by atoms with Crippen LogP contribution in [0.15, 0.2) is 55.0 Å². The van der Waals surface area contributed by atoms with E-state index in [9.17, 15) is 13.6 Å². The molecule has 0 N–H and O–H groups in total. The van der Waals surface area contributed by atoms with Crippen LogP contribution in [0.2, 0.25) is 0 Å². The summed E-state index contributed by atoms with van der Waals surface area (Å²) in [4.78, 5) is 21.3. The minimum absolute atomic E-state index is 0.130. The van der Waals surface area contributed by atoms with Gasteiger partial charge in [-0.2, -0.15) is 5.10 Å². The average Bonchev–Trinajstić information content (AvgIpc) is 3.48. The fourth-order valence-electron chi connectivity index (χ4n) is 4.10. The van der Waals surface area contributed by atoms with Crippen LogP contribution >= 0.6 is 0 Å². The second kappa shape index (κ2) is 9.26. The molecule has 0 bridgehead atoms. The zero-order valence-electron chi connectivity index (χ0n) is 18.4. The normalized spacial score (nSPS) is 15.8. The Bertz CT molecular complexity index is 1340. The Balaban J connectivity index is 1.67. The minimum Gasteiger partial charge on any atom is -0.487 e. The number of ether oxygens (including phenoxy) is 2. The second-order valence-corrected chi connectivity index (χ2v) is 8.12. The first kappa shape index (κ1) is 22.1. The Kier molecular flexibility index (Phi) is 6.02. The van der Waals surface area contributed by atoms with Gasteiger partial charge in [-0.25, -0.2) is 18.7 Å². The molecule has 9 heteroatoms. The fraction of sp³-hybridized carbons (Fsp3) is 0.280. The number of rotatable bonds is 7. The summed E-state index contributed by atoms with van der Waals surface area (Å²) in [5, 5.41) is 5.03. The number of hydrogen-bond acceptors (Lipinski definition) is 6. The summed E-state index contributed by atoms with van der Waals surface area (Å²) >= 11 is 0. The maximum atomic E-state index is 13.1. The van der Waals surface area contributed by atoms with Crippen molar-refractivity contribution in [2.45, 2.75) is 32.4 Å². The Morgan fingerprint density at radius 2 is 2.03 bits per heavy atom. The molecule has 2 aromatic carbocycles. The van der Waals surface area contributed by atoms with Crippen molar-refractivity contribution < 1.29 is 23.0 Å². The quantitative estimate of drug-likeness (QED) is 0.366. The predicted molar refractivity (Wildman–Crippen MR) is 122 cm³/mol.